The van der Waals surface area contributed by atoms with Gasteiger partial charge in [-0.2, -0.15) is 0 Å². The van der Waals surface area contributed by atoms with Crippen molar-refractivity contribution in [3.05, 3.63) is 30.1 Å². The maximum atomic E-state index is 4.10. The van der Waals surface area contributed by atoms with Crippen LogP contribution in [-0.2, 0) is 6.42 Å². The van der Waals surface area contributed by atoms with Gasteiger partial charge >= 0.3 is 0 Å². The highest BCUT2D eigenvalue weighted by molar-refractivity contribution is 5.08. The molecule has 12 heavy (non-hydrogen) atoms. The van der Waals surface area contributed by atoms with Crippen LogP contribution in [0.1, 0.15) is 31.2 Å². The largest absolute Gasteiger partial charge is 0.264 e. The zero-order valence-corrected chi connectivity index (χ0v) is 7.37. The lowest BCUT2D eigenvalue weighted by molar-refractivity contribution is 0.665. The van der Waals surface area contributed by atoms with Gasteiger partial charge in [-0.25, -0.2) is 0 Å². The van der Waals surface area contributed by atoms with Gasteiger partial charge in [-0.05, 0) is 30.4 Å². The molecule has 0 radical (unpaired) electrons. The van der Waals surface area contributed by atoms with Crippen LogP contribution in [0, 0.1) is 5.92 Å². The lowest BCUT2D eigenvalue weighted by Gasteiger charge is -1.98. The minimum absolute atomic E-state index is 1.07. The SMILES string of the molecule is c1cncc(CCCC2CC2)c1. The molecule has 64 valence electrons. The van der Waals surface area contributed by atoms with Crippen LogP contribution < -0.4 is 0 Å². The summed E-state index contributed by atoms with van der Waals surface area (Å²) >= 11 is 0. The van der Waals surface area contributed by atoms with Crippen molar-refractivity contribution in [1.82, 2.24) is 4.98 Å². The van der Waals surface area contributed by atoms with Gasteiger partial charge in [0.15, 0.2) is 0 Å². The molecular weight excluding hydrogens is 146 g/mol. The van der Waals surface area contributed by atoms with Crippen molar-refractivity contribution in [3.8, 4) is 0 Å². The first-order valence-electron chi connectivity index (χ1n) is 4.84. The Balaban J connectivity index is 1.72. The molecule has 1 aromatic heterocycles. The fourth-order valence-electron chi connectivity index (χ4n) is 1.55. The van der Waals surface area contributed by atoms with Gasteiger partial charge in [-0.1, -0.05) is 25.3 Å². The number of pyridine rings is 1. The Bertz CT molecular complexity index is 226. The zero-order valence-electron chi connectivity index (χ0n) is 7.37. The second kappa shape index (κ2) is 3.70. The molecule has 0 amide bonds. The third-order valence-electron chi connectivity index (χ3n) is 2.50. The quantitative estimate of drug-likeness (QED) is 0.661. The summed E-state index contributed by atoms with van der Waals surface area (Å²) in [6.45, 7) is 0. The highest BCUT2D eigenvalue weighted by Gasteiger charge is 2.19. The maximum absolute atomic E-state index is 4.10. The van der Waals surface area contributed by atoms with E-state index in [9.17, 15) is 0 Å². The summed E-state index contributed by atoms with van der Waals surface area (Å²) in [5, 5.41) is 0. The third kappa shape index (κ3) is 2.33. The molecule has 0 bridgehead atoms. The monoisotopic (exact) mass is 161 g/mol. The van der Waals surface area contributed by atoms with E-state index in [1.54, 1.807) is 0 Å². The highest BCUT2D eigenvalue weighted by Crippen LogP contribution is 2.33. The summed E-state index contributed by atoms with van der Waals surface area (Å²) < 4.78 is 0. The Morgan fingerprint density at radius 3 is 3.00 bits per heavy atom. The lowest BCUT2D eigenvalue weighted by atomic mass is 10.1. The Morgan fingerprint density at radius 1 is 1.42 bits per heavy atom. The van der Waals surface area contributed by atoms with E-state index in [2.05, 4.69) is 11.1 Å². The molecule has 0 atom stereocenters. The molecule has 0 aromatic carbocycles. The molecule has 1 heteroatoms. The normalized spacial score (nSPS) is 16.3. The van der Waals surface area contributed by atoms with Gasteiger partial charge in [0, 0.05) is 12.4 Å². The van der Waals surface area contributed by atoms with E-state index < -0.39 is 0 Å². The van der Waals surface area contributed by atoms with Gasteiger partial charge < -0.3 is 0 Å². The van der Waals surface area contributed by atoms with E-state index >= 15 is 0 Å². The number of hydrogen-bond acceptors (Lipinski definition) is 1. The molecule has 0 N–H and O–H groups in total. The van der Waals surface area contributed by atoms with Crippen molar-refractivity contribution in [3.63, 3.8) is 0 Å². The van der Waals surface area contributed by atoms with Crippen molar-refractivity contribution in [1.29, 1.82) is 0 Å². The van der Waals surface area contributed by atoms with Gasteiger partial charge in [0.25, 0.3) is 0 Å². The van der Waals surface area contributed by atoms with Crippen LogP contribution in [0.25, 0.3) is 0 Å². The van der Waals surface area contributed by atoms with Gasteiger partial charge in [-0.15, -0.1) is 0 Å². The van der Waals surface area contributed by atoms with Gasteiger partial charge in [-0.3, -0.25) is 4.98 Å². The van der Waals surface area contributed by atoms with E-state index in [1.807, 2.05) is 18.5 Å². The van der Waals surface area contributed by atoms with Crippen molar-refractivity contribution >= 4 is 0 Å². The minimum Gasteiger partial charge on any atom is -0.264 e. The first kappa shape index (κ1) is 7.78. The lowest BCUT2D eigenvalue weighted by Crippen LogP contribution is -1.86. The molecule has 2 rings (SSSR count). The van der Waals surface area contributed by atoms with E-state index in [1.165, 1.54) is 37.7 Å². The molecule has 1 aliphatic rings. The Labute approximate surface area is 73.8 Å². The van der Waals surface area contributed by atoms with Crippen LogP contribution in [0.2, 0.25) is 0 Å². The van der Waals surface area contributed by atoms with Crippen molar-refractivity contribution in [2.24, 2.45) is 5.92 Å². The Kier molecular flexibility index (Phi) is 2.40. The number of hydrogen-bond donors (Lipinski definition) is 0. The second-order valence-corrected chi connectivity index (χ2v) is 3.70. The maximum Gasteiger partial charge on any atom is 0.0299 e. The first-order chi connectivity index (χ1) is 5.95. The number of nitrogens with zero attached hydrogens (tertiary/aromatic N) is 1. The van der Waals surface area contributed by atoms with E-state index in [0.29, 0.717) is 0 Å². The van der Waals surface area contributed by atoms with Crippen LogP contribution in [0.15, 0.2) is 24.5 Å². The van der Waals surface area contributed by atoms with Crippen LogP contribution in [0.5, 0.6) is 0 Å². The van der Waals surface area contributed by atoms with Crippen LogP contribution >= 0.6 is 0 Å². The van der Waals surface area contributed by atoms with Crippen molar-refractivity contribution in [2.45, 2.75) is 32.1 Å². The van der Waals surface area contributed by atoms with E-state index in [4.69, 9.17) is 0 Å². The Morgan fingerprint density at radius 2 is 2.33 bits per heavy atom. The Hall–Kier alpha value is -0.850. The van der Waals surface area contributed by atoms with Crippen molar-refractivity contribution < 1.29 is 0 Å². The second-order valence-electron chi connectivity index (χ2n) is 3.70. The van der Waals surface area contributed by atoms with Gasteiger partial charge in [0.05, 0.1) is 0 Å². The fourth-order valence-corrected chi connectivity index (χ4v) is 1.55. The number of aryl methyl sites for hydroxylation is 1. The van der Waals surface area contributed by atoms with E-state index in [0.717, 1.165) is 5.92 Å². The molecule has 1 fully saturated rings. The number of rotatable bonds is 4. The average molecular weight is 161 g/mol. The highest BCUT2D eigenvalue weighted by atomic mass is 14.6. The molecule has 0 saturated heterocycles. The first-order valence-corrected chi connectivity index (χ1v) is 4.84. The minimum atomic E-state index is 1.07. The van der Waals surface area contributed by atoms with Crippen LogP contribution in [-0.4, -0.2) is 4.98 Å². The molecular formula is C11H15N. The molecule has 0 spiro atoms. The summed E-state index contributed by atoms with van der Waals surface area (Å²) in [7, 11) is 0. The molecule has 1 aliphatic carbocycles. The van der Waals surface area contributed by atoms with Crippen LogP contribution in [0.4, 0.5) is 0 Å². The van der Waals surface area contributed by atoms with Crippen molar-refractivity contribution in [2.75, 3.05) is 0 Å². The molecule has 0 unspecified atom stereocenters. The number of aromatic nitrogens is 1. The zero-order chi connectivity index (χ0) is 8.23. The summed E-state index contributed by atoms with van der Waals surface area (Å²) in [5.74, 6) is 1.07. The fraction of sp³-hybridized carbons (Fsp3) is 0.545. The summed E-state index contributed by atoms with van der Waals surface area (Å²) in [5.41, 5.74) is 1.39. The summed E-state index contributed by atoms with van der Waals surface area (Å²) in [6, 6.07) is 4.19. The molecule has 1 nitrogen and oxygen atoms in total. The summed E-state index contributed by atoms with van der Waals surface area (Å²) in [4.78, 5) is 4.10. The van der Waals surface area contributed by atoms with Gasteiger partial charge in [0.2, 0.25) is 0 Å². The standard InChI is InChI=1S/C11H15N/c1(3-10-6-7-10)4-11-5-2-8-12-9-11/h2,5,8-10H,1,3-4,6-7H2. The predicted octanol–water partition coefficient (Wildman–Crippen LogP) is 2.81. The average Bonchev–Trinajstić information content (AvgIpc) is 2.90. The summed E-state index contributed by atoms with van der Waals surface area (Å²) in [6.07, 6.45) is 10.8. The molecule has 0 aliphatic heterocycles. The third-order valence-corrected chi connectivity index (χ3v) is 2.50. The van der Waals surface area contributed by atoms with Gasteiger partial charge in [0.1, 0.15) is 0 Å². The smallest absolute Gasteiger partial charge is 0.0299 e. The predicted molar refractivity (Wildman–Crippen MR) is 49.9 cm³/mol. The van der Waals surface area contributed by atoms with E-state index in [-0.39, 0.29) is 0 Å². The molecule has 1 aromatic rings. The molecule has 1 saturated carbocycles. The van der Waals surface area contributed by atoms with Crippen LogP contribution in [0.3, 0.4) is 0 Å². The molecule has 1 heterocycles. The topological polar surface area (TPSA) is 12.9 Å².